The zero-order valence-corrected chi connectivity index (χ0v) is 14.5. The minimum absolute atomic E-state index is 0.0615. The quantitative estimate of drug-likeness (QED) is 0.740. The zero-order valence-electron chi connectivity index (χ0n) is 14.5. The summed E-state index contributed by atoms with van der Waals surface area (Å²) in [5, 5.41) is 0. The Morgan fingerprint density at radius 2 is 1.87 bits per heavy atom. The number of nitrogens with two attached hydrogens (primary N) is 1. The lowest BCUT2D eigenvalue weighted by atomic mass is 9.81. The third-order valence-electron chi connectivity index (χ3n) is 5.14. The standard InChI is InChI=1S/C16H30F3N3O/c1-4-15(5-2,11-20)14(23)22-8-7-13(10-22)9-21(6-3)12-16(17,18)19/h13H,4-12,20H2,1-3H3. The highest BCUT2D eigenvalue weighted by Gasteiger charge is 2.40. The number of rotatable bonds is 8. The SMILES string of the molecule is CCN(CC1CCN(C(=O)C(CC)(CC)CN)C1)CC(F)(F)F. The Kier molecular flexibility index (Phi) is 7.32. The van der Waals surface area contributed by atoms with Gasteiger partial charge in [-0.1, -0.05) is 20.8 Å². The van der Waals surface area contributed by atoms with Crippen LogP contribution in [0.3, 0.4) is 0 Å². The van der Waals surface area contributed by atoms with E-state index in [2.05, 4.69) is 0 Å². The molecule has 136 valence electrons. The van der Waals surface area contributed by atoms with E-state index in [4.69, 9.17) is 5.73 Å². The molecule has 23 heavy (non-hydrogen) atoms. The highest BCUT2D eigenvalue weighted by Crippen LogP contribution is 2.31. The van der Waals surface area contributed by atoms with Gasteiger partial charge >= 0.3 is 6.18 Å². The fourth-order valence-corrected chi connectivity index (χ4v) is 3.35. The van der Waals surface area contributed by atoms with E-state index in [1.807, 2.05) is 13.8 Å². The van der Waals surface area contributed by atoms with Crippen LogP contribution in [0.1, 0.15) is 40.0 Å². The summed E-state index contributed by atoms with van der Waals surface area (Å²) >= 11 is 0. The maximum absolute atomic E-state index is 12.7. The van der Waals surface area contributed by atoms with E-state index in [9.17, 15) is 18.0 Å². The van der Waals surface area contributed by atoms with Gasteiger partial charge in [-0.05, 0) is 31.7 Å². The molecule has 1 aliphatic heterocycles. The predicted octanol–water partition coefficient (Wildman–Crippen LogP) is 2.48. The molecule has 0 aromatic rings. The summed E-state index contributed by atoms with van der Waals surface area (Å²) in [7, 11) is 0. The summed E-state index contributed by atoms with van der Waals surface area (Å²) in [6.45, 7) is 6.99. The molecule has 0 radical (unpaired) electrons. The Bertz CT molecular complexity index is 375. The summed E-state index contributed by atoms with van der Waals surface area (Å²) in [4.78, 5) is 16.0. The van der Waals surface area contributed by atoms with Gasteiger partial charge in [-0.2, -0.15) is 13.2 Å². The zero-order chi connectivity index (χ0) is 17.7. The Hall–Kier alpha value is -0.820. The van der Waals surface area contributed by atoms with Crippen LogP contribution >= 0.6 is 0 Å². The van der Waals surface area contributed by atoms with Crippen LogP contribution in [-0.4, -0.2) is 61.2 Å². The molecule has 0 bridgehead atoms. The van der Waals surface area contributed by atoms with Crippen molar-refractivity contribution in [3.8, 4) is 0 Å². The van der Waals surface area contributed by atoms with Gasteiger partial charge in [0.2, 0.25) is 5.91 Å². The summed E-state index contributed by atoms with van der Waals surface area (Å²) in [5.74, 6) is 0.164. The molecule has 1 atom stereocenters. The number of alkyl halides is 3. The van der Waals surface area contributed by atoms with E-state index >= 15 is 0 Å². The van der Waals surface area contributed by atoms with Gasteiger partial charge in [0.1, 0.15) is 0 Å². The van der Waals surface area contributed by atoms with Crippen molar-refractivity contribution in [2.75, 3.05) is 39.3 Å². The van der Waals surface area contributed by atoms with Gasteiger partial charge in [0.05, 0.1) is 12.0 Å². The first-order valence-electron chi connectivity index (χ1n) is 8.49. The van der Waals surface area contributed by atoms with E-state index in [1.54, 1.807) is 11.8 Å². The van der Waals surface area contributed by atoms with E-state index < -0.39 is 18.1 Å². The summed E-state index contributed by atoms with van der Waals surface area (Å²) in [6.07, 6.45) is -2.04. The van der Waals surface area contributed by atoms with Gasteiger partial charge in [0.25, 0.3) is 0 Å². The lowest BCUT2D eigenvalue weighted by Gasteiger charge is -2.33. The summed E-state index contributed by atoms with van der Waals surface area (Å²) < 4.78 is 37.6. The highest BCUT2D eigenvalue weighted by atomic mass is 19.4. The summed E-state index contributed by atoms with van der Waals surface area (Å²) in [5.41, 5.74) is 5.30. The summed E-state index contributed by atoms with van der Waals surface area (Å²) in [6, 6.07) is 0. The number of likely N-dealkylation sites (tertiary alicyclic amines) is 1. The van der Waals surface area contributed by atoms with Crippen LogP contribution in [0, 0.1) is 11.3 Å². The predicted molar refractivity (Wildman–Crippen MR) is 84.9 cm³/mol. The lowest BCUT2D eigenvalue weighted by Crippen LogP contribution is -2.47. The molecule has 1 unspecified atom stereocenters. The number of carbonyl (C=O) groups excluding carboxylic acids is 1. The van der Waals surface area contributed by atoms with Crippen LogP contribution in [0.2, 0.25) is 0 Å². The van der Waals surface area contributed by atoms with Crippen LogP contribution in [0.5, 0.6) is 0 Å². The van der Waals surface area contributed by atoms with Crippen LogP contribution < -0.4 is 5.73 Å². The molecular weight excluding hydrogens is 307 g/mol. The number of hydrogen-bond acceptors (Lipinski definition) is 3. The number of halogens is 3. The van der Waals surface area contributed by atoms with Gasteiger partial charge in [0.15, 0.2) is 0 Å². The number of nitrogens with zero attached hydrogens (tertiary/aromatic N) is 2. The first-order chi connectivity index (χ1) is 10.7. The van der Waals surface area contributed by atoms with Gasteiger partial charge in [-0.3, -0.25) is 9.69 Å². The maximum atomic E-state index is 12.7. The molecular formula is C16H30F3N3O. The van der Waals surface area contributed by atoms with Gasteiger partial charge in [0, 0.05) is 26.2 Å². The number of carbonyl (C=O) groups is 1. The maximum Gasteiger partial charge on any atom is 0.401 e. The molecule has 7 heteroatoms. The first kappa shape index (κ1) is 20.2. The molecule has 1 aliphatic rings. The molecule has 1 heterocycles. The second-order valence-electron chi connectivity index (χ2n) is 6.54. The Morgan fingerprint density at radius 1 is 1.26 bits per heavy atom. The molecule has 4 nitrogen and oxygen atoms in total. The second kappa shape index (κ2) is 8.33. The first-order valence-corrected chi connectivity index (χ1v) is 8.49. The van der Waals surface area contributed by atoms with E-state index in [0.717, 1.165) is 6.42 Å². The Balaban J connectivity index is 2.62. The largest absolute Gasteiger partial charge is 0.401 e. The molecule has 0 aromatic heterocycles. The molecule has 0 aliphatic carbocycles. The minimum Gasteiger partial charge on any atom is -0.342 e. The average molecular weight is 337 g/mol. The van der Waals surface area contributed by atoms with Crippen molar-refractivity contribution in [1.29, 1.82) is 0 Å². The van der Waals surface area contributed by atoms with Crippen molar-refractivity contribution in [1.82, 2.24) is 9.80 Å². The van der Waals surface area contributed by atoms with Crippen molar-refractivity contribution in [2.45, 2.75) is 46.2 Å². The van der Waals surface area contributed by atoms with Gasteiger partial charge < -0.3 is 10.6 Å². The van der Waals surface area contributed by atoms with Crippen molar-refractivity contribution >= 4 is 5.91 Å². The molecule has 2 N–H and O–H groups in total. The normalized spacial score (nSPS) is 19.7. The second-order valence-corrected chi connectivity index (χ2v) is 6.54. The highest BCUT2D eigenvalue weighted by molar-refractivity contribution is 5.83. The van der Waals surface area contributed by atoms with Crippen molar-refractivity contribution in [3.05, 3.63) is 0 Å². The van der Waals surface area contributed by atoms with E-state index in [-0.39, 0.29) is 11.8 Å². The van der Waals surface area contributed by atoms with Crippen molar-refractivity contribution in [3.63, 3.8) is 0 Å². The smallest absolute Gasteiger partial charge is 0.342 e. The molecule has 1 saturated heterocycles. The third kappa shape index (κ3) is 5.35. The van der Waals surface area contributed by atoms with E-state index in [1.165, 1.54) is 4.90 Å². The Labute approximate surface area is 137 Å². The van der Waals surface area contributed by atoms with Crippen molar-refractivity contribution in [2.24, 2.45) is 17.1 Å². The fraction of sp³-hybridized carbons (Fsp3) is 0.938. The Morgan fingerprint density at radius 3 is 2.30 bits per heavy atom. The minimum atomic E-state index is -4.18. The number of hydrogen-bond donors (Lipinski definition) is 1. The number of amides is 1. The van der Waals surface area contributed by atoms with Crippen LogP contribution in [-0.2, 0) is 4.79 Å². The molecule has 1 fully saturated rings. The van der Waals surface area contributed by atoms with Crippen LogP contribution in [0.25, 0.3) is 0 Å². The monoisotopic (exact) mass is 337 g/mol. The molecule has 1 amide bonds. The average Bonchev–Trinajstić information content (AvgIpc) is 2.95. The van der Waals surface area contributed by atoms with Crippen LogP contribution in [0.4, 0.5) is 13.2 Å². The third-order valence-corrected chi connectivity index (χ3v) is 5.14. The molecule has 0 aromatic carbocycles. The van der Waals surface area contributed by atoms with Crippen LogP contribution in [0.15, 0.2) is 0 Å². The van der Waals surface area contributed by atoms with Gasteiger partial charge in [-0.15, -0.1) is 0 Å². The molecule has 0 saturated carbocycles. The molecule has 0 spiro atoms. The molecule has 1 rings (SSSR count). The van der Waals surface area contributed by atoms with Gasteiger partial charge in [-0.25, -0.2) is 0 Å². The topological polar surface area (TPSA) is 49.6 Å². The van der Waals surface area contributed by atoms with E-state index in [0.29, 0.717) is 45.6 Å². The lowest BCUT2D eigenvalue weighted by molar-refractivity contribution is -0.147. The van der Waals surface area contributed by atoms with Crippen molar-refractivity contribution < 1.29 is 18.0 Å². The fourth-order valence-electron chi connectivity index (χ4n) is 3.35.